The van der Waals surface area contributed by atoms with E-state index in [9.17, 15) is 13.2 Å². The third-order valence-electron chi connectivity index (χ3n) is 8.05. The zero-order valence-corrected chi connectivity index (χ0v) is 23.7. The minimum absolute atomic E-state index is 0.136. The SMILES string of the molecule is COc1c(-c2ccccc2)c(=O)n(C)c2cnc3[nH]c(-c4ccc(CN5CCC(S(C)(=O)=O)CC5)cc4)cc3c12. The summed E-state index contributed by atoms with van der Waals surface area (Å²) in [4.78, 5) is 23.8. The topological polar surface area (TPSA) is 97.3 Å². The van der Waals surface area contributed by atoms with Crippen LogP contribution in [0.1, 0.15) is 18.4 Å². The van der Waals surface area contributed by atoms with Gasteiger partial charge in [0.1, 0.15) is 21.2 Å². The Hall–Kier alpha value is -3.95. The van der Waals surface area contributed by atoms with Crippen molar-refractivity contribution in [2.24, 2.45) is 7.05 Å². The first-order valence-corrected chi connectivity index (χ1v) is 15.3. The van der Waals surface area contributed by atoms with Gasteiger partial charge in [-0.15, -0.1) is 0 Å². The van der Waals surface area contributed by atoms with Crippen LogP contribution < -0.4 is 10.3 Å². The molecule has 4 heterocycles. The van der Waals surface area contributed by atoms with Gasteiger partial charge < -0.3 is 14.3 Å². The molecule has 1 fully saturated rings. The minimum atomic E-state index is -2.97. The van der Waals surface area contributed by atoms with Gasteiger partial charge >= 0.3 is 0 Å². The molecule has 8 nitrogen and oxygen atoms in total. The number of methoxy groups -OCH3 is 1. The summed E-state index contributed by atoms with van der Waals surface area (Å²) in [7, 11) is 0.395. The van der Waals surface area contributed by atoms with Crippen molar-refractivity contribution in [1.29, 1.82) is 0 Å². The molecular weight excluding hydrogens is 524 g/mol. The largest absolute Gasteiger partial charge is 0.495 e. The number of H-pyrrole nitrogens is 1. The third kappa shape index (κ3) is 4.69. The van der Waals surface area contributed by atoms with E-state index in [-0.39, 0.29) is 10.8 Å². The van der Waals surface area contributed by atoms with Gasteiger partial charge in [0.05, 0.1) is 35.0 Å². The molecule has 1 saturated heterocycles. The van der Waals surface area contributed by atoms with Crippen molar-refractivity contribution in [3.05, 3.63) is 82.8 Å². The second-order valence-electron chi connectivity index (χ2n) is 10.6. The molecule has 0 bridgehead atoms. The maximum absolute atomic E-state index is 13.4. The Labute approximate surface area is 233 Å². The van der Waals surface area contributed by atoms with Crippen molar-refractivity contribution in [1.82, 2.24) is 19.4 Å². The molecule has 0 spiro atoms. The lowest BCUT2D eigenvalue weighted by atomic mass is 10.0. The van der Waals surface area contributed by atoms with E-state index in [1.165, 1.54) is 11.8 Å². The van der Waals surface area contributed by atoms with Gasteiger partial charge in [0.25, 0.3) is 5.56 Å². The molecule has 40 heavy (non-hydrogen) atoms. The number of rotatable bonds is 6. The number of pyridine rings is 2. The summed E-state index contributed by atoms with van der Waals surface area (Å²) in [6.45, 7) is 2.37. The summed E-state index contributed by atoms with van der Waals surface area (Å²) in [5.41, 5.74) is 5.75. The number of benzene rings is 2. The molecule has 0 aliphatic carbocycles. The highest BCUT2D eigenvalue weighted by Crippen LogP contribution is 2.38. The second kappa shape index (κ2) is 10.2. The first-order valence-electron chi connectivity index (χ1n) is 13.4. The number of sulfone groups is 1. The number of hydrogen-bond donors (Lipinski definition) is 1. The number of piperidine rings is 1. The average Bonchev–Trinajstić information content (AvgIpc) is 3.40. The first kappa shape index (κ1) is 26.3. The number of nitrogens with one attached hydrogen (secondary N) is 1. The van der Waals surface area contributed by atoms with Gasteiger partial charge in [-0.2, -0.15) is 0 Å². The molecule has 2 aromatic carbocycles. The van der Waals surface area contributed by atoms with Gasteiger partial charge in [-0.3, -0.25) is 9.69 Å². The van der Waals surface area contributed by atoms with Crippen LogP contribution in [0.15, 0.2) is 71.7 Å². The van der Waals surface area contributed by atoms with Crippen molar-refractivity contribution in [3.8, 4) is 28.1 Å². The molecule has 1 aliphatic heterocycles. The summed E-state index contributed by atoms with van der Waals surface area (Å²) < 4.78 is 31.2. The molecule has 1 N–H and O–H groups in total. The fourth-order valence-corrected chi connectivity index (χ4v) is 6.89. The Kier molecular flexibility index (Phi) is 6.72. The lowest BCUT2D eigenvalue weighted by molar-refractivity contribution is 0.222. The number of nitrogens with zero attached hydrogens (tertiary/aromatic N) is 3. The van der Waals surface area contributed by atoms with Crippen molar-refractivity contribution in [3.63, 3.8) is 0 Å². The highest BCUT2D eigenvalue weighted by Gasteiger charge is 2.26. The second-order valence-corrected chi connectivity index (χ2v) is 12.9. The molecule has 1 aliphatic rings. The smallest absolute Gasteiger partial charge is 0.262 e. The van der Waals surface area contributed by atoms with Crippen LogP contribution in [0, 0.1) is 0 Å². The van der Waals surface area contributed by atoms with Crippen molar-refractivity contribution < 1.29 is 13.2 Å². The quantitative estimate of drug-likeness (QED) is 0.324. The van der Waals surface area contributed by atoms with Gasteiger partial charge in [0.15, 0.2) is 0 Å². The van der Waals surface area contributed by atoms with Gasteiger partial charge in [-0.1, -0.05) is 54.6 Å². The van der Waals surface area contributed by atoms with E-state index >= 15 is 0 Å². The zero-order chi connectivity index (χ0) is 28.0. The van der Waals surface area contributed by atoms with E-state index in [4.69, 9.17) is 4.74 Å². The summed E-state index contributed by atoms with van der Waals surface area (Å²) in [5.74, 6) is 0.539. The van der Waals surface area contributed by atoms with E-state index in [1.54, 1.807) is 24.9 Å². The molecular formula is C31H32N4O4S. The lowest BCUT2D eigenvalue weighted by Gasteiger charge is -2.31. The Bertz CT molecular complexity index is 1870. The van der Waals surface area contributed by atoms with Gasteiger partial charge in [-0.25, -0.2) is 13.4 Å². The van der Waals surface area contributed by atoms with Gasteiger partial charge in [0.2, 0.25) is 0 Å². The molecule has 3 aromatic heterocycles. The van der Waals surface area contributed by atoms with Crippen LogP contribution in [0.25, 0.3) is 44.3 Å². The van der Waals surface area contributed by atoms with Crippen molar-refractivity contribution >= 4 is 31.8 Å². The van der Waals surface area contributed by atoms with Crippen LogP contribution in [0.4, 0.5) is 0 Å². The third-order valence-corrected chi connectivity index (χ3v) is 9.73. The van der Waals surface area contributed by atoms with Gasteiger partial charge in [-0.05, 0) is 48.7 Å². The van der Waals surface area contributed by atoms with E-state index < -0.39 is 9.84 Å². The summed E-state index contributed by atoms with van der Waals surface area (Å²) in [5, 5.41) is 1.50. The Morgan fingerprint density at radius 2 is 1.73 bits per heavy atom. The molecule has 206 valence electrons. The predicted octanol–water partition coefficient (Wildman–Crippen LogP) is 4.77. The molecule has 0 amide bonds. The molecule has 9 heteroatoms. The fourth-order valence-electron chi connectivity index (χ4n) is 5.82. The Morgan fingerprint density at radius 3 is 2.38 bits per heavy atom. The summed E-state index contributed by atoms with van der Waals surface area (Å²) in [6, 6.07) is 20.1. The molecule has 0 unspecified atom stereocenters. The van der Waals surface area contributed by atoms with Crippen LogP contribution in [-0.2, 0) is 23.4 Å². The maximum atomic E-state index is 13.4. The number of ether oxygens (including phenoxy) is 1. The van der Waals surface area contributed by atoms with Crippen LogP contribution in [0.5, 0.6) is 5.75 Å². The van der Waals surface area contributed by atoms with Crippen LogP contribution in [0.2, 0.25) is 0 Å². The Balaban J connectivity index is 1.34. The van der Waals surface area contributed by atoms with Crippen LogP contribution >= 0.6 is 0 Å². The molecule has 0 atom stereocenters. The molecule has 0 saturated carbocycles. The number of hydrogen-bond acceptors (Lipinski definition) is 6. The highest BCUT2D eigenvalue weighted by molar-refractivity contribution is 7.91. The lowest BCUT2D eigenvalue weighted by Crippen LogP contribution is -2.38. The van der Waals surface area contributed by atoms with Crippen LogP contribution in [0.3, 0.4) is 0 Å². The normalized spacial score (nSPS) is 15.2. The summed E-state index contributed by atoms with van der Waals surface area (Å²) >= 11 is 0. The minimum Gasteiger partial charge on any atom is -0.495 e. The predicted molar refractivity (Wildman–Crippen MR) is 159 cm³/mol. The molecule has 6 rings (SSSR count). The van der Waals surface area contributed by atoms with Crippen molar-refractivity contribution in [2.45, 2.75) is 24.6 Å². The highest BCUT2D eigenvalue weighted by atomic mass is 32.2. The van der Waals surface area contributed by atoms with E-state index in [1.807, 2.05) is 30.3 Å². The number of aromatic amines is 1. The molecule has 5 aromatic rings. The fraction of sp³-hybridized carbons (Fsp3) is 0.290. The van der Waals surface area contributed by atoms with Gasteiger partial charge in [0, 0.05) is 30.9 Å². The summed E-state index contributed by atoms with van der Waals surface area (Å²) in [6.07, 6.45) is 4.43. The van der Waals surface area contributed by atoms with E-state index in [0.29, 0.717) is 29.7 Å². The van der Waals surface area contributed by atoms with E-state index in [0.717, 1.165) is 52.9 Å². The number of fused-ring (bicyclic) bond motifs is 3. The van der Waals surface area contributed by atoms with E-state index in [2.05, 4.69) is 45.2 Å². The Morgan fingerprint density at radius 1 is 1.02 bits per heavy atom. The number of likely N-dealkylation sites (tertiary alicyclic amines) is 1. The zero-order valence-electron chi connectivity index (χ0n) is 22.8. The first-order chi connectivity index (χ1) is 19.2. The number of aryl methyl sites for hydroxylation is 1. The average molecular weight is 557 g/mol. The molecule has 0 radical (unpaired) electrons. The standard InChI is InChI=1S/C31H32N4O4S/c1-34-26-18-32-30-24(28(26)29(39-2)27(31(34)36)22-7-5-4-6-8-22)17-25(33-30)21-11-9-20(10-12-21)19-35-15-13-23(14-16-35)40(3,37)38/h4-12,17-18,23H,13-16,19H2,1-3H3,(H,32,33). The van der Waals surface area contributed by atoms with Crippen LogP contribution in [-0.4, -0.2) is 59.6 Å². The maximum Gasteiger partial charge on any atom is 0.262 e. The van der Waals surface area contributed by atoms with Crippen molar-refractivity contribution in [2.75, 3.05) is 26.5 Å². The number of aromatic nitrogens is 3. The monoisotopic (exact) mass is 556 g/mol.